The predicted octanol–water partition coefficient (Wildman–Crippen LogP) is 4.49. The highest BCUT2D eigenvalue weighted by Gasteiger charge is 2.58. The van der Waals surface area contributed by atoms with Crippen molar-refractivity contribution in [1.29, 1.82) is 0 Å². The van der Waals surface area contributed by atoms with Gasteiger partial charge in [-0.25, -0.2) is 9.59 Å². The van der Waals surface area contributed by atoms with Crippen LogP contribution in [0.1, 0.15) is 102 Å². The highest BCUT2D eigenvalue weighted by molar-refractivity contribution is 6.07. The number of aliphatic hydroxyl groups excluding tert-OH is 1. The van der Waals surface area contributed by atoms with E-state index in [0.29, 0.717) is 18.4 Å². The van der Waals surface area contributed by atoms with Crippen LogP contribution in [0.25, 0.3) is 0 Å². The maximum Gasteiger partial charge on any atom is 0.344 e. The summed E-state index contributed by atoms with van der Waals surface area (Å²) in [5.74, 6) is -4.29. The van der Waals surface area contributed by atoms with Gasteiger partial charge in [0.05, 0.1) is 12.2 Å². The van der Waals surface area contributed by atoms with Crippen LogP contribution >= 0.6 is 0 Å². The number of benzene rings is 1. The van der Waals surface area contributed by atoms with Gasteiger partial charge in [-0.1, -0.05) is 64.2 Å². The average molecular weight is 476 g/mol. The van der Waals surface area contributed by atoms with E-state index in [4.69, 9.17) is 4.74 Å². The van der Waals surface area contributed by atoms with Crippen molar-refractivity contribution in [2.45, 2.75) is 110 Å². The number of aliphatic carboxylic acids is 1. The summed E-state index contributed by atoms with van der Waals surface area (Å²) in [6.45, 7) is 6.84. The van der Waals surface area contributed by atoms with E-state index in [2.05, 4.69) is 18.3 Å². The largest absolute Gasteiger partial charge is 0.479 e. The maximum atomic E-state index is 13.1. The fraction of sp³-hybridized carbons (Fsp3) is 0.667. The Morgan fingerprint density at radius 3 is 2.44 bits per heavy atom. The first-order valence-electron chi connectivity index (χ1n) is 12.7. The number of carbonyl (C=O) groups is 3. The van der Waals surface area contributed by atoms with E-state index in [1.165, 1.54) is 37.7 Å². The number of hydrogen-bond donors (Lipinski definition) is 3. The van der Waals surface area contributed by atoms with Gasteiger partial charge in [-0.2, -0.15) is 0 Å². The SMILES string of the molecule is CCCCCCCCc1ccc2c(c1)CCC(C(NC(C)=O)(C(=O)O)C(=O)OC(C)CC)C2O. The van der Waals surface area contributed by atoms with Crippen LogP contribution < -0.4 is 5.32 Å². The number of rotatable bonds is 13. The van der Waals surface area contributed by atoms with Gasteiger partial charge in [-0.3, -0.25) is 4.79 Å². The molecule has 7 heteroatoms. The lowest BCUT2D eigenvalue weighted by atomic mass is 9.70. The number of aryl methyl sites for hydroxylation is 2. The van der Waals surface area contributed by atoms with Crippen LogP contribution in [-0.2, 0) is 32.0 Å². The predicted molar refractivity (Wildman–Crippen MR) is 130 cm³/mol. The molecule has 3 N–H and O–H groups in total. The van der Waals surface area contributed by atoms with Gasteiger partial charge in [0.1, 0.15) is 0 Å². The molecule has 0 aromatic heterocycles. The molecule has 190 valence electrons. The molecule has 0 spiro atoms. The lowest BCUT2D eigenvalue weighted by molar-refractivity contribution is -0.175. The fourth-order valence-corrected chi connectivity index (χ4v) is 4.80. The molecule has 7 nitrogen and oxygen atoms in total. The number of hydrogen-bond acceptors (Lipinski definition) is 5. The molecule has 0 saturated carbocycles. The van der Waals surface area contributed by atoms with Crippen molar-refractivity contribution in [2.24, 2.45) is 5.92 Å². The summed E-state index contributed by atoms with van der Waals surface area (Å²) in [4.78, 5) is 37.6. The Bertz CT molecular complexity index is 854. The average Bonchev–Trinajstić information content (AvgIpc) is 2.79. The van der Waals surface area contributed by atoms with Crippen molar-refractivity contribution in [3.05, 3.63) is 34.9 Å². The molecular formula is C27H41NO6. The van der Waals surface area contributed by atoms with E-state index in [1.54, 1.807) is 6.92 Å². The number of amides is 1. The Morgan fingerprint density at radius 1 is 1.15 bits per heavy atom. The molecule has 2 rings (SSSR count). The minimum Gasteiger partial charge on any atom is -0.479 e. The van der Waals surface area contributed by atoms with Crippen molar-refractivity contribution in [2.75, 3.05) is 0 Å². The Hall–Kier alpha value is -2.41. The zero-order valence-electron chi connectivity index (χ0n) is 21.1. The molecule has 34 heavy (non-hydrogen) atoms. The lowest BCUT2D eigenvalue weighted by Crippen LogP contribution is -2.66. The Labute approximate surface area is 203 Å². The Balaban J connectivity index is 2.25. The van der Waals surface area contributed by atoms with Crippen LogP contribution in [0.4, 0.5) is 0 Å². The van der Waals surface area contributed by atoms with Gasteiger partial charge in [-0.05, 0) is 55.7 Å². The molecule has 1 aromatic rings. The fourth-order valence-electron chi connectivity index (χ4n) is 4.80. The summed E-state index contributed by atoms with van der Waals surface area (Å²) in [6, 6.07) is 5.88. The Morgan fingerprint density at radius 2 is 1.82 bits per heavy atom. The van der Waals surface area contributed by atoms with Crippen LogP contribution in [0.15, 0.2) is 18.2 Å². The topological polar surface area (TPSA) is 113 Å². The number of unbranched alkanes of at least 4 members (excludes halogenated alkanes) is 5. The molecular weight excluding hydrogens is 434 g/mol. The van der Waals surface area contributed by atoms with Crippen LogP contribution in [-0.4, -0.2) is 39.7 Å². The third-order valence-corrected chi connectivity index (χ3v) is 6.92. The van der Waals surface area contributed by atoms with Gasteiger partial charge in [0.15, 0.2) is 0 Å². The number of aliphatic hydroxyl groups is 1. The zero-order chi connectivity index (χ0) is 25.3. The second-order valence-corrected chi connectivity index (χ2v) is 9.56. The monoisotopic (exact) mass is 475 g/mol. The standard InChI is InChI=1S/C27H41NO6/c1-5-7-8-9-10-11-12-20-13-15-22-21(17-20)14-16-23(24(22)30)27(25(31)32,28-19(4)29)26(33)34-18(3)6-2/h13,15,17-18,23-24,30H,5-12,14,16H2,1-4H3,(H,28,29)(H,31,32). The second-order valence-electron chi connectivity index (χ2n) is 9.56. The maximum absolute atomic E-state index is 13.1. The molecule has 0 fully saturated rings. The van der Waals surface area contributed by atoms with E-state index in [9.17, 15) is 24.6 Å². The van der Waals surface area contributed by atoms with Crippen LogP contribution in [0.5, 0.6) is 0 Å². The van der Waals surface area contributed by atoms with Crippen molar-refractivity contribution in [3.8, 4) is 0 Å². The van der Waals surface area contributed by atoms with E-state index in [1.807, 2.05) is 19.1 Å². The molecule has 0 saturated heterocycles. The van der Waals surface area contributed by atoms with Gasteiger partial charge < -0.3 is 20.3 Å². The summed E-state index contributed by atoms with van der Waals surface area (Å²) >= 11 is 0. The van der Waals surface area contributed by atoms with Gasteiger partial charge in [-0.15, -0.1) is 0 Å². The number of nitrogens with one attached hydrogen (secondary N) is 1. The molecule has 0 aliphatic heterocycles. The number of esters is 1. The number of carboxylic acids is 1. The van der Waals surface area contributed by atoms with Gasteiger partial charge in [0.2, 0.25) is 11.4 Å². The molecule has 4 unspecified atom stereocenters. The molecule has 0 bridgehead atoms. The molecule has 1 amide bonds. The highest BCUT2D eigenvalue weighted by Crippen LogP contribution is 2.42. The number of carboxylic acid groups (broad SMARTS) is 1. The third kappa shape index (κ3) is 6.59. The summed E-state index contributed by atoms with van der Waals surface area (Å²) in [6.07, 6.45) is 7.79. The highest BCUT2D eigenvalue weighted by atomic mass is 16.5. The quantitative estimate of drug-likeness (QED) is 0.220. The summed E-state index contributed by atoms with van der Waals surface area (Å²) in [5, 5.41) is 23.7. The molecule has 1 aliphatic carbocycles. The van der Waals surface area contributed by atoms with E-state index in [0.717, 1.165) is 25.3 Å². The second kappa shape index (κ2) is 12.9. The summed E-state index contributed by atoms with van der Waals surface area (Å²) < 4.78 is 5.37. The van der Waals surface area contributed by atoms with Gasteiger partial charge in [0, 0.05) is 12.8 Å². The zero-order valence-corrected chi connectivity index (χ0v) is 21.1. The summed E-state index contributed by atoms with van der Waals surface area (Å²) in [7, 11) is 0. The van der Waals surface area contributed by atoms with Crippen molar-refractivity contribution in [1.82, 2.24) is 5.32 Å². The number of fused-ring (bicyclic) bond motifs is 1. The van der Waals surface area contributed by atoms with Crippen molar-refractivity contribution >= 4 is 17.8 Å². The molecule has 0 radical (unpaired) electrons. The van der Waals surface area contributed by atoms with E-state index in [-0.39, 0.29) is 6.42 Å². The molecule has 1 aromatic carbocycles. The van der Waals surface area contributed by atoms with Crippen molar-refractivity contribution in [3.63, 3.8) is 0 Å². The molecule has 0 heterocycles. The van der Waals surface area contributed by atoms with Gasteiger partial charge >= 0.3 is 11.9 Å². The van der Waals surface area contributed by atoms with Crippen LogP contribution in [0.3, 0.4) is 0 Å². The van der Waals surface area contributed by atoms with Crippen LogP contribution in [0, 0.1) is 5.92 Å². The minimum atomic E-state index is -2.36. The minimum absolute atomic E-state index is 0.233. The Kier molecular flexibility index (Phi) is 10.5. The molecule has 4 atom stereocenters. The third-order valence-electron chi connectivity index (χ3n) is 6.92. The normalized spacial score (nSPS) is 20.0. The van der Waals surface area contributed by atoms with Crippen molar-refractivity contribution < 1.29 is 29.3 Å². The van der Waals surface area contributed by atoms with Crippen LogP contribution in [0.2, 0.25) is 0 Å². The first kappa shape index (κ1) is 27.8. The molecule has 1 aliphatic rings. The smallest absolute Gasteiger partial charge is 0.344 e. The lowest BCUT2D eigenvalue weighted by Gasteiger charge is -2.41. The first-order chi connectivity index (χ1) is 16.2. The first-order valence-corrected chi connectivity index (χ1v) is 12.7. The number of carbonyl (C=O) groups excluding carboxylic acids is 2. The van der Waals surface area contributed by atoms with Gasteiger partial charge in [0.25, 0.3) is 0 Å². The van der Waals surface area contributed by atoms with E-state index < -0.39 is 41.5 Å². The van der Waals surface area contributed by atoms with E-state index >= 15 is 0 Å². The number of ether oxygens (including phenoxy) is 1. The summed E-state index contributed by atoms with van der Waals surface area (Å²) in [5.41, 5.74) is 0.408.